The number of fused-ring (bicyclic) bond motifs is 1. The van der Waals surface area contributed by atoms with Crippen LogP contribution in [-0.4, -0.2) is 49.1 Å². The van der Waals surface area contributed by atoms with Crippen molar-refractivity contribution < 1.29 is 19.4 Å². The van der Waals surface area contributed by atoms with Crippen LogP contribution >= 0.6 is 51.2 Å². The molecule has 0 aliphatic carbocycles. The molecule has 0 spiro atoms. The number of carboxylic acid groups (broad SMARTS) is 1. The Bertz CT molecular complexity index is 1510. The summed E-state index contributed by atoms with van der Waals surface area (Å²) in [4.78, 5) is 32.4. The number of nitrogens with one attached hydrogen (secondary N) is 2. The number of halogens is 1. The van der Waals surface area contributed by atoms with E-state index in [1.807, 2.05) is 31.2 Å². The van der Waals surface area contributed by atoms with E-state index in [1.54, 1.807) is 12.1 Å². The van der Waals surface area contributed by atoms with Crippen molar-refractivity contribution >= 4 is 91.2 Å². The fourth-order valence-electron chi connectivity index (χ4n) is 3.26. The third kappa shape index (κ3) is 7.25. The molecule has 3 N–H and O–H groups in total. The lowest BCUT2D eigenvalue weighted by atomic mass is 10.1. The molecule has 0 aliphatic rings. The third-order valence-corrected chi connectivity index (χ3v) is 7.76. The number of ether oxygens (including phenoxy) is 1. The summed E-state index contributed by atoms with van der Waals surface area (Å²) in [6, 6.07) is 11.2. The van der Waals surface area contributed by atoms with Gasteiger partial charge in [0.05, 0.1) is 24.2 Å². The first-order valence-corrected chi connectivity index (χ1v) is 14.0. The van der Waals surface area contributed by atoms with E-state index in [2.05, 4.69) is 41.6 Å². The molecule has 10 nitrogen and oxygen atoms in total. The Kier molecular flexibility index (Phi) is 9.08. The highest BCUT2D eigenvalue weighted by molar-refractivity contribution is 9.10. The van der Waals surface area contributed by atoms with Crippen molar-refractivity contribution in [3.8, 4) is 5.75 Å². The summed E-state index contributed by atoms with van der Waals surface area (Å²) in [6.07, 6.45) is 1.48. The Morgan fingerprint density at radius 2 is 2.11 bits per heavy atom. The predicted octanol–water partition coefficient (Wildman–Crippen LogP) is 5.73. The molecule has 192 valence electrons. The van der Waals surface area contributed by atoms with Crippen molar-refractivity contribution in [3.63, 3.8) is 0 Å². The molecule has 0 atom stereocenters. The SMILES string of the molecule is CCOc1cc2ncnc(Nc3cccc(Br)c3)c2cc1NC(=O)Cn1nc(SCCC(=O)O)sc1=S. The minimum atomic E-state index is -0.879. The zero-order chi connectivity index (χ0) is 26.4. The van der Waals surface area contributed by atoms with E-state index in [-0.39, 0.29) is 18.9 Å². The molecule has 14 heteroatoms. The number of anilines is 3. The Labute approximate surface area is 233 Å². The summed E-state index contributed by atoms with van der Waals surface area (Å²) in [6.45, 7) is 2.15. The van der Waals surface area contributed by atoms with Gasteiger partial charge in [-0.2, -0.15) is 5.10 Å². The molecular formula is C23H21BrN6O4S3. The Morgan fingerprint density at radius 1 is 1.27 bits per heavy atom. The summed E-state index contributed by atoms with van der Waals surface area (Å²) >= 11 is 11.3. The van der Waals surface area contributed by atoms with Crippen LogP contribution in [0.2, 0.25) is 0 Å². The van der Waals surface area contributed by atoms with Gasteiger partial charge in [-0.1, -0.05) is 45.1 Å². The number of carbonyl (C=O) groups excluding carboxylic acids is 1. The molecule has 2 aromatic carbocycles. The van der Waals surface area contributed by atoms with E-state index in [1.165, 1.54) is 34.1 Å². The lowest BCUT2D eigenvalue weighted by Gasteiger charge is -2.15. The molecule has 37 heavy (non-hydrogen) atoms. The first kappa shape index (κ1) is 27.0. The second kappa shape index (κ2) is 12.4. The Hall–Kier alpha value is -3.07. The number of nitrogens with zero attached hydrogens (tertiary/aromatic N) is 4. The van der Waals surface area contributed by atoms with E-state index in [0.29, 0.717) is 48.8 Å². The van der Waals surface area contributed by atoms with Crippen LogP contribution in [0.1, 0.15) is 13.3 Å². The molecule has 2 aromatic heterocycles. The molecule has 4 aromatic rings. The fraction of sp³-hybridized carbons (Fsp3) is 0.217. The van der Waals surface area contributed by atoms with Crippen LogP contribution in [0.4, 0.5) is 17.2 Å². The summed E-state index contributed by atoms with van der Waals surface area (Å²) in [5, 5.41) is 20.0. The monoisotopic (exact) mass is 620 g/mol. The van der Waals surface area contributed by atoms with E-state index in [4.69, 9.17) is 22.1 Å². The average Bonchev–Trinajstić information content (AvgIpc) is 3.18. The summed E-state index contributed by atoms with van der Waals surface area (Å²) in [5.74, 6) is 0.198. The van der Waals surface area contributed by atoms with E-state index in [9.17, 15) is 9.59 Å². The van der Waals surface area contributed by atoms with Gasteiger partial charge in [-0.25, -0.2) is 14.6 Å². The lowest BCUT2D eigenvalue weighted by molar-refractivity contribution is -0.136. The Balaban J connectivity index is 1.57. The van der Waals surface area contributed by atoms with E-state index >= 15 is 0 Å². The minimum absolute atomic E-state index is 0.0156. The van der Waals surface area contributed by atoms with Crippen molar-refractivity contribution in [2.24, 2.45) is 0 Å². The number of carboxylic acids is 1. The first-order valence-electron chi connectivity index (χ1n) is 11.0. The van der Waals surface area contributed by atoms with Gasteiger partial charge in [0, 0.05) is 27.4 Å². The minimum Gasteiger partial charge on any atom is -0.492 e. The first-order chi connectivity index (χ1) is 17.8. The van der Waals surface area contributed by atoms with Crippen LogP contribution in [0, 0.1) is 3.95 Å². The molecule has 0 saturated heterocycles. The highest BCUT2D eigenvalue weighted by atomic mass is 79.9. The number of rotatable bonds is 11. The number of aliphatic carboxylic acids is 1. The quantitative estimate of drug-likeness (QED) is 0.141. The normalized spacial score (nSPS) is 10.9. The number of hydrogen-bond donors (Lipinski definition) is 3. The number of aromatic nitrogens is 4. The van der Waals surface area contributed by atoms with Gasteiger partial charge in [-0.3, -0.25) is 9.59 Å². The number of hydrogen-bond acceptors (Lipinski definition) is 10. The predicted molar refractivity (Wildman–Crippen MR) is 151 cm³/mol. The second-order valence-corrected chi connectivity index (χ2v) is 11.4. The summed E-state index contributed by atoms with van der Waals surface area (Å²) < 4.78 is 9.14. The zero-order valence-electron chi connectivity index (χ0n) is 19.4. The van der Waals surface area contributed by atoms with Gasteiger partial charge in [0.25, 0.3) is 0 Å². The number of carbonyl (C=O) groups is 2. The van der Waals surface area contributed by atoms with Gasteiger partial charge in [-0.15, -0.1) is 0 Å². The van der Waals surface area contributed by atoms with Crippen LogP contribution in [0.5, 0.6) is 5.75 Å². The maximum Gasteiger partial charge on any atom is 0.304 e. The van der Waals surface area contributed by atoms with Crippen molar-refractivity contribution in [1.82, 2.24) is 19.7 Å². The number of thioether (sulfide) groups is 1. The molecular weight excluding hydrogens is 600 g/mol. The second-order valence-electron chi connectivity index (χ2n) is 7.49. The Morgan fingerprint density at radius 3 is 2.86 bits per heavy atom. The van der Waals surface area contributed by atoms with Crippen molar-refractivity contribution in [2.75, 3.05) is 23.0 Å². The summed E-state index contributed by atoms with van der Waals surface area (Å²) in [7, 11) is 0. The average molecular weight is 622 g/mol. The van der Waals surface area contributed by atoms with Crippen LogP contribution < -0.4 is 15.4 Å². The van der Waals surface area contributed by atoms with Crippen LogP contribution in [0.25, 0.3) is 10.9 Å². The van der Waals surface area contributed by atoms with Gasteiger partial charge in [-0.05, 0) is 43.4 Å². The molecule has 0 bridgehead atoms. The highest BCUT2D eigenvalue weighted by Crippen LogP contribution is 2.34. The van der Waals surface area contributed by atoms with Gasteiger partial charge >= 0.3 is 5.97 Å². The summed E-state index contributed by atoms with van der Waals surface area (Å²) in [5.41, 5.74) is 1.95. The maximum atomic E-state index is 12.9. The topological polar surface area (TPSA) is 131 Å². The third-order valence-electron chi connectivity index (χ3n) is 4.82. The highest BCUT2D eigenvalue weighted by Gasteiger charge is 2.15. The fourth-order valence-corrected chi connectivity index (χ4v) is 5.99. The molecule has 0 radical (unpaired) electrons. The number of benzene rings is 2. The van der Waals surface area contributed by atoms with Crippen LogP contribution in [0.3, 0.4) is 0 Å². The van der Waals surface area contributed by atoms with Gasteiger partial charge in [0.15, 0.2) is 8.29 Å². The zero-order valence-corrected chi connectivity index (χ0v) is 23.5. The van der Waals surface area contributed by atoms with E-state index in [0.717, 1.165) is 10.2 Å². The van der Waals surface area contributed by atoms with Crippen LogP contribution in [-0.2, 0) is 16.1 Å². The van der Waals surface area contributed by atoms with Crippen molar-refractivity contribution in [3.05, 3.63) is 51.2 Å². The molecule has 1 amide bonds. The van der Waals surface area contributed by atoms with E-state index < -0.39 is 5.97 Å². The van der Waals surface area contributed by atoms with Gasteiger partial charge in [0.2, 0.25) is 5.91 Å². The maximum absolute atomic E-state index is 12.9. The molecule has 4 rings (SSSR count). The standard InChI is InChI=1S/C23H21BrN6O4S3/c1-2-34-18-10-16-15(21(26-12-25-16)27-14-5-3-4-13(24)8-14)9-17(18)28-19(31)11-30-23(35)37-22(29-30)36-7-6-20(32)33/h3-5,8-10,12H,2,6-7,11H2,1H3,(H,28,31)(H,32,33)(H,25,26,27). The van der Waals surface area contributed by atoms with Crippen molar-refractivity contribution in [1.29, 1.82) is 0 Å². The smallest absolute Gasteiger partial charge is 0.304 e. The van der Waals surface area contributed by atoms with Gasteiger partial charge < -0.3 is 20.5 Å². The lowest BCUT2D eigenvalue weighted by Crippen LogP contribution is -2.20. The molecule has 2 heterocycles. The largest absolute Gasteiger partial charge is 0.492 e. The van der Waals surface area contributed by atoms with Gasteiger partial charge in [0.1, 0.15) is 24.4 Å². The molecule has 0 aliphatic heterocycles. The molecule has 0 saturated carbocycles. The van der Waals surface area contributed by atoms with Crippen molar-refractivity contribution in [2.45, 2.75) is 24.2 Å². The molecule has 0 fully saturated rings. The van der Waals surface area contributed by atoms with Crippen LogP contribution in [0.15, 0.2) is 51.5 Å². The number of amides is 1. The molecule has 0 unspecified atom stereocenters.